The number of carbonyl (C=O) groups excluding carboxylic acids is 1. The lowest BCUT2D eigenvalue weighted by atomic mass is 10.3. The van der Waals surface area contributed by atoms with Crippen molar-refractivity contribution < 1.29 is 9.90 Å². The molecule has 4 nitrogen and oxygen atoms in total. The summed E-state index contributed by atoms with van der Waals surface area (Å²) in [6.45, 7) is 0.640. The lowest BCUT2D eigenvalue weighted by molar-refractivity contribution is -0.122. The Hall–Kier alpha value is -1.62. The van der Waals surface area contributed by atoms with Crippen molar-refractivity contribution in [3.8, 4) is 5.75 Å². The van der Waals surface area contributed by atoms with Crippen molar-refractivity contribution >= 4 is 27.5 Å². The minimum atomic E-state index is 0.175. The van der Waals surface area contributed by atoms with Gasteiger partial charge in [-0.3, -0.25) is 4.79 Å². The molecule has 1 aromatic heterocycles. The number of nitrogens with one attached hydrogen (secondary N) is 1. The molecule has 5 heteroatoms. The molecule has 1 amide bonds. The average Bonchev–Trinajstić information content (AvgIpc) is 3.11. The zero-order valence-electron chi connectivity index (χ0n) is 9.85. The first-order valence-electron chi connectivity index (χ1n) is 6.08. The van der Waals surface area contributed by atoms with E-state index in [0.29, 0.717) is 6.54 Å². The third kappa shape index (κ3) is 2.46. The van der Waals surface area contributed by atoms with Gasteiger partial charge in [0.05, 0.1) is 15.2 Å². The molecule has 2 N–H and O–H groups in total. The Morgan fingerprint density at radius 1 is 1.50 bits per heavy atom. The second kappa shape index (κ2) is 4.57. The van der Waals surface area contributed by atoms with Crippen LogP contribution in [-0.2, 0) is 11.2 Å². The SMILES string of the molecule is O=C(NCCc1nc2ccc(O)cc2s1)C1CC1. The monoisotopic (exact) mass is 262 g/mol. The number of hydrogen-bond donors (Lipinski definition) is 2. The molecule has 18 heavy (non-hydrogen) atoms. The maximum Gasteiger partial charge on any atom is 0.223 e. The van der Waals surface area contributed by atoms with E-state index in [0.717, 1.165) is 34.5 Å². The van der Waals surface area contributed by atoms with Crippen LogP contribution < -0.4 is 5.32 Å². The standard InChI is InChI=1S/C13H14N2O2S/c16-9-3-4-10-11(7-9)18-12(15-10)5-6-14-13(17)8-1-2-8/h3-4,7-8,16H,1-2,5-6H2,(H,14,17). The fraction of sp³-hybridized carbons (Fsp3) is 0.385. The Morgan fingerprint density at radius 2 is 2.33 bits per heavy atom. The molecule has 1 heterocycles. The van der Waals surface area contributed by atoms with Crippen molar-refractivity contribution in [1.29, 1.82) is 0 Å². The van der Waals surface area contributed by atoms with Crippen LogP contribution in [-0.4, -0.2) is 22.5 Å². The average molecular weight is 262 g/mol. The second-order valence-electron chi connectivity index (χ2n) is 4.57. The number of amides is 1. The molecule has 3 rings (SSSR count). The molecule has 0 bridgehead atoms. The predicted molar refractivity (Wildman–Crippen MR) is 70.7 cm³/mol. The lowest BCUT2D eigenvalue weighted by Crippen LogP contribution is -2.26. The van der Waals surface area contributed by atoms with Crippen LogP contribution in [0.3, 0.4) is 0 Å². The quantitative estimate of drug-likeness (QED) is 0.886. The zero-order valence-corrected chi connectivity index (χ0v) is 10.7. The van der Waals surface area contributed by atoms with Gasteiger partial charge in [0.1, 0.15) is 5.75 Å². The van der Waals surface area contributed by atoms with Crippen LogP contribution in [0.15, 0.2) is 18.2 Å². The smallest absolute Gasteiger partial charge is 0.223 e. The highest BCUT2D eigenvalue weighted by Crippen LogP contribution is 2.29. The van der Waals surface area contributed by atoms with E-state index < -0.39 is 0 Å². The number of aromatic nitrogens is 1. The molecule has 0 unspecified atom stereocenters. The normalized spacial score (nSPS) is 14.9. The van der Waals surface area contributed by atoms with Crippen molar-refractivity contribution in [3.05, 3.63) is 23.2 Å². The summed E-state index contributed by atoms with van der Waals surface area (Å²) in [6.07, 6.45) is 2.82. The number of phenolic OH excluding ortho intramolecular Hbond substituents is 1. The fourth-order valence-electron chi connectivity index (χ4n) is 1.85. The van der Waals surface area contributed by atoms with E-state index in [4.69, 9.17) is 0 Å². The van der Waals surface area contributed by atoms with Gasteiger partial charge in [0.2, 0.25) is 5.91 Å². The molecule has 0 saturated heterocycles. The summed E-state index contributed by atoms with van der Waals surface area (Å²) in [4.78, 5) is 15.9. The van der Waals surface area contributed by atoms with Gasteiger partial charge in [-0.05, 0) is 31.0 Å². The highest BCUT2D eigenvalue weighted by molar-refractivity contribution is 7.18. The maximum atomic E-state index is 11.5. The topological polar surface area (TPSA) is 62.2 Å². The molecule has 0 aliphatic heterocycles. The minimum absolute atomic E-state index is 0.175. The highest BCUT2D eigenvalue weighted by atomic mass is 32.1. The number of rotatable bonds is 4. The number of phenols is 1. The van der Waals surface area contributed by atoms with Gasteiger partial charge in [0, 0.05) is 18.9 Å². The summed E-state index contributed by atoms with van der Waals surface area (Å²) in [5, 5.41) is 13.3. The number of thiazole rings is 1. The molecule has 1 fully saturated rings. The number of nitrogens with zero attached hydrogens (tertiary/aromatic N) is 1. The summed E-state index contributed by atoms with van der Waals surface area (Å²) in [6, 6.07) is 5.17. The van der Waals surface area contributed by atoms with Gasteiger partial charge < -0.3 is 10.4 Å². The van der Waals surface area contributed by atoms with Gasteiger partial charge in [-0.15, -0.1) is 11.3 Å². The number of hydrogen-bond acceptors (Lipinski definition) is 4. The number of benzene rings is 1. The molecule has 0 spiro atoms. The Bertz CT molecular complexity index is 590. The number of carbonyl (C=O) groups is 1. The summed E-state index contributed by atoms with van der Waals surface area (Å²) in [5.41, 5.74) is 0.904. The van der Waals surface area contributed by atoms with Crippen LogP contribution in [0.5, 0.6) is 5.75 Å². The summed E-state index contributed by atoms with van der Waals surface area (Å²) < 4.78 is 0.985. The van der Waals surface area contributed by atoms with Crippen LogP contribution in [0.25, 0.3) is 10.2 Å². The van der Waals surface area contributed by atoms with E-state index in [9.17, 15) is 9.90 Å². The van der Waals surface area contributed by atoms with Crippen molar-refractivity contribution in [2.75, 3.05) is 6.54 Å². The van der Waals surface area contributed by atoms with E-state index in [1.54, 1.807) is 23.5 Å². The lowest BCUT2D eigenvalue weighted by Gasteiger charge is -2.01. The van der Waals surface area contributed by atoms with Crippen molar-refractivity contribution in [1.82, 2.24) is 10.3 Å². The third-order valence-corrected chi connectivity index (χ3v) is 4.08. The Morgan fingerprint density at radius 3 is 3.11 bits per heavy atom. The first-order valence-corrected chi connectivity index (χ1v) is 6.90. The molecule has 0 atom stereocenters. The molecular formula is C13H14N2O2S. The molecule has 1 aliphatic rings. The van der Waals surface area contributed by atoms with Crippen molar-refractivity contribution in [2.24, 2.45) is 5.92 Å². The minimum Gasteiger partial charge on any atom is -0.508 e. The summed E-state index contributed by atoms with van der Waals surface area (Å²) in [7, 11) is 0. The largest absolute Gasteiger partial charge is 0.508 e. The Labute approximate surface area is 109 Å². The van der Waals surface area contributed by atoms with Crippen LogP contribution in [0, 0.1) is 5.92 Å². The molecular weight excluding hydrogens is 248 g/mol. The molecule has 94 valence electrons. The Balaban J connectivity index is 1.61. The molecule has 1 aliphatic carbocycles. The van der Waals surface area contributed by atoms with E-state index in [1.165, 1.54) is 0 Å². The van der Waals surface area contributed by atoms with Crippen molar-refractivity contribution in [2.45, 2.75) is 19.3 Å². The zero-order chi connectivity index (χ0) is 12.5. The van der Waals surface area contributed by atoms with Crippen LogP contribution in [0.1, 0.15) is 17.8 Å². The number of aromatic hydroxyl groups is 1. The molecule has 2 aromatic rings. The van der Waals surface area contributed by atoms with Gasteiger partial charge in [0.15, 0.2) is 0 Å². The van der Waals surface area contributed by atoms with E-state index in [-0.39, 0.29) is 17.6 Å². The Kier molecular flexibility index (Phi) is 2.91. The first-order chi connectivity index (χ1) is 8.72. The van der Waals surface area contributed by atoms with Crippen LogP contribution >= 0.6 is 11.3 Å². The summed E-state index contributed by atoms with van der Waals surface area (Å²) in [5.74, 6) is 0.700. The third-order valence-electron chi connectivity index (χ3n) is 3.00. The van der Waals surface area contributed by atoms with Crippen LogP contribution in [0.2, 0.25) is 0 Å². The maximum absolute atomic E-state index is 11.5. The molecule has 0 radical (unpaired) electrons. The van der Waals surface area contributed by atoms with E-state index in [1.807, 2.05) is 6.07 Å². The molecule has 1 saturated carbocycles. The van der Waals surface area contributed by atoms with E-state index in [2.05, 4.69) is 10.3 Å². The number of fused-ring (bicyclic) bond motifs is 1. The van der Waals surface area contributed by atoms with Gasteiger partial charge in [-0.2, -0.15) is 0 Å². The predicted octanol–water partition coefficient (Wildman–Crippen LogP) is 2.07. The van der Waals surface area contributed by atoms with Gasteiger partial charge in [-0.25, -0.2) is 4.98 Å². The highest BCUT2D eigenvalue weighted by Gasteiger charge is 2.29. The molecule has 1 aromatic carbocycles. The van der Waals surface area contributed by atoms with Gasteiger partial charge >= 0.3 is 0 Å². The second-order valence-corrected chi connectivity index (χ2v) is 5.69. The first kappa shape index (κ1) is 11.5. The fourth-order valence-corrected chi connectivity index (χ4v) is 2.85. The summed E-state index contributed by atoms with van der Waals surface area (Å²) >= 11 is 1.56. The van der Waals surface area contributed by atoms with Gasteiger partial charge in [0.25, 0.3) is 0 Å². The van der Waals surface area contributed by atoms with E-state index >= 15 is 0 Å². The van der Waals surface area contributed by atoms with Crippen LogP contribution in [0.4, 0.5) is 0 Å². The van der Waals surface area contributed by atoms with Crippen molar-refractivity contribution in [3.63, 3.8) is 0 Å². The van der Waals surface area contributed by atoms with Gasteiger partial charge in [-0.1, -0.05) is 0 Å².